The highest BCUT2D eigenvalue weighted by Crippen LogP contribution is 2.19. The molecule has 3 atom stereocenters. The van der Waals surface area contributed by atoms with Crippen LogP contribution in [0.3, 0.4) is 0 Å². The van der Waals surface area contributed by atoms with Gasteiger partial charge in [0.15, 0.2) is 0 Å². The lowest BCUT2D eigenvalue weighted by Gasteiger charge is -2.21. The highest BCUT2D eigenvalue weighted by molar-refractivity contribution is 5.76. The van der Waals surface area contributed by atoms with Gasteiger partial charge in [0.2, 0.25) is 5.91 Å². The van der Waals surface area contributed by atoms with Gasteiger partial charge >= 0.3 is 0 Å². The Morgan fingerprint density at radius 3 is 0.914 bits per heavy atom. The van der Waals surface area contributed by atoms with Crippen LogP contribution in [0.5, 0.6) is 0 Å². The second-order valence-electron chi connectivity index (χ2n) is 22.4. The van der Waals surface area contributed by atoms with E-state index in [2.05, 4.69) is 31.3 Å². The van der Waals surface area contributed by atoms with E-state index in [9.17, 15) is 20.1 Å². The molecule has 5 heteroatoms. The number of carbonyl (C=O) groups is 1. The number of aliphatic hydroxyl groups is 3. The van der Waals surface area contributed by atoms with Gasteiger partial charge in [-0.05, 0) is 32.1 Å². The third-order valence-electron chi connectivity index (χ3n) is 15.2. The molecule has 0 aromatic carbocycles. The van der Waals surface area contributed by atoms with Gasteiger partial charge in [-0.3, -0.25) is 4.79 Å². The molecule has 70 heavy (non-hydrogen) atoms. The van der Waals surface area contributed by atoms with E-state index in [4.69, 9.17) is 0 Å². The van der Waals surface area contributed by atoms with Crippen molar-refractivity contribution in [1.29, 1.82) is 0 Å². The van der Waals surface area contributed by atoms with Crippen LogP contribution in [0.25, 0.3) is 0 Å². The quantitative estimate of drug-likeness (QED) is 0.0361. The number of allylic oxidation sites excluding steroid dienone is 3. The molecule has 3 unspecified atom stereocenters. The molecule has 0 aromatic heterocycles. The molecule has 0 saturated heterocycles. The Bertz CT molecular complexity index is 1040. The Balaban J connectivity index is 3.48. The standard InChI is InChI=1S/C65H127NO4/c1-3-5-7-9-11-13-15-17-19-21-23-25-26-27-28-29-30-31-32-33-34-35-36-37-38-39-40-42-44-46-48-50-52-54-56-58-62(68)60-65(70)66-63(61-67)64(69)59-57-55-53-51-49-47-45-43-41-24-22-20-18-16-14-12-10-8-6-4-2/h49,51,57,59,62-64,67-69H,3-48,50,52-56,58,60-61H2,1-2H3,(H,66,70)/b51-49+,59-57+. The van der Waals surface area contributed by atoms with Gasteiger partial charge < -0.3 is 20.6 Å². The molecule has 0 spiro atoms. The van der Waals surface area contributed by atoms with E-state index in [-0.39, 0.29) is 18.9 Å². The van der Waals surface area contributed by atoms with Gasteiger partial charge in [-0.1, -0.05) is 346 Å². The zero-order valence-corrected chi connectivity index (χ0v) is 47.7. The Morgan fingerprint density at radius 2 is 0.614 bits per heavy atom. The number of hydrogen-bond donors (Lipinski definition) is 4. The van der Waals surface area contributed by atoms with Crippen molar-refractivity contribution in [3.05, 3.63) is 24.3 Å². The lowest BCUT2D eigenvalue weighted by Crippen LogP contribution is -2.45. The maximum absolute atomic E-state index is 12.5. The summed E-state index contributed by atoms with van der Waals surface area (Å²) in [6.07, 6.45) is 78.5. The molecule has 0 aliphatic heterocycles. The summed E-state index contributed by atoms with van der Waals surface area (Å²) in [4.78, 5) is 12.5. The van der Waals surface area contributed by atoms with E-state index in [1.54, 1.807) is 6.08 Å². The fourth-order valence-electron chi connectivity index (χ4n) is 10.4. The summed E-state index contributed by atoms with van der Waals surface area (Å²) in [6, 6.07) is -0.760. The van der Waals surface area contributed by atoms with Crippen LogP contribution in [0.15, 0.2) is 24.3 Å². The first-order valence-electron chi connectivity index (χ1n) is 32.1. The smallest absolute Gasteiger partial charge is 0.222 e. The van der Waals surface area contributed by atoms with Gasteiger partial charge in [0.05, 0.1) is 31.3 Å². The highest BCUT2D eigenvalue weighted by Gasteiger charge is 2.20. The molecule has 0 heterocycles. The van der Waals surface area contributed by atoms with Gasteiger partial charge in [0.25, 0.3) is 0 Å². The monoisotopic (exact) mass is 986 g/mol. The molecule has 4 N–H and O–H groups in total. The van der Waals surface area contributed by atoms with Crippen molar-refractivity contribution >= 4 is 5.91 Å². The number of carbonyl (C=O) groups excluding carboxylic acids is 1. The Kier molecular flexibility index (Phi) is 59.4. The lowest BCUT2D eigenvalue weighted by molar-refractivity contribution is -0.124. The first kappa shape index (κ1) is 68.8. The third-order valence-corrected chi connectivity index (χ3v) is 15.2. The van der Waals surface area contributed by atoms with Gasteiger partial charge in [-0.15, -0.1) is 0 Å². The van der Waals surface area contributed by atoms with Crippen molar-refractivity contribution in [2.45, 2.75) is 379 Å². The number of nitrogens with one attached hydrogen (secondary N) is 1. The first-order chi connectivity index (χ1) is 34.5. The van der Waals surface area contributed by atoms with E-state index in [1.165, 1.54) is 302 Å². The minimum atomic E-state index is -0.951. The van der Waals surface area contributed by atoms with Crippen molar-refractivity contribution in [2.75, 3.05) is 6.61 Å². The Labute approximate surface area is 439 Å². The second kappa shape index (κ2) is 60.4. The number of rotatable bonds is 60. The molecule has 0 radical (unpaired) electrons. The topological polar surface area (TPSA) is 89.8 Å². The Morgan fingerprint density at radius 1 is 0.357 bits per heavy atom. The zero-order chi connectivity index (χ0) is 50.7. The minimum Gasteiger partial charge on any atom is -0.394 e. The third kappa shape index (κ3) is 56.1. The van der Waals surface area contributed by atoms with E-state index in [0.29, 0.717) is 6.42 Å². The van der Waals surface area contributed by atoms with Crippen LogP contribution in [-0.4, -0.2) is 46.1 Å². The molecule has 416 valence electrons. The number of unbranched alkanes of at least 4 members (excludes halogenated alkanes) is 49. The Hall–Kier alpha value is -1.17. The average molecular weight is 987 g/mol. The van der Waals surface area contributed by atoms with E-state index < -0.39 is 18.2 Å². The number of amides is 1. The zero-order valence-electron chi connectivity index (χ0n) is 47.7. The van der Waals surface area contributed by atoms with Crippen LogP contribution in [0.4, 0.5) is 0 Å². The molecule has 0 aliphatic carbocycles. The molecule has 0 saturated carbocycles. The first-order valence-corrected chi connectivity index (χ1v) is 32.1. The van der Waals surface area contributed by atoms with Crippen LogP contribution in [0.2, 0.25) is 0 Å². The summed E-state index contributed by atoms with van der Waals surface area (Å²) in [5.41, 5.74) is 0. The highest BCUT2D eigenvalue weighted by atomic mass is 16.3. The number of hydrogen-bond acceptors (Lipinski definition) is 4. The molecule has 0 aliphatic rings. The van der Waals surface area contributed by atoms with Crippen LogP contribution < -0.4 is 5.32 Å². The van der Waals surface area contributed by atoms with E-state index in [0.717, 1.165) is 32.1 Å². The van der Waals surface area contributed by atoms with Crippen molar-refractivity contribution in [2.24, 2.45) is 0 Å². The van der Waals surface area contributed by atoms with E-state index >= 15 is 0 Å². The van der Waals surface area contributed by atoms with Crippen molar-refractivity contribution in [3.8, 4) is 0 Å². The SMILES string of the molecule is CCCCCCCCCCCCCCCC/C=C/CC/C=C/C(O)C(CO)NC(=O)CC(O)CCCCCCCCCCCCCCCCCCCCCCCCCCCCCCCCCCCCC. The molecule has 0 fully saturated rings. The van der Waals surface area contributed by atoms with Crippen molar-refractivity contribution < 1.29 is 20.1 Å². The van der Waals surface area contributed by atoms with Crippen LogP contribution in [0, 0.1) is 0 Å². The van der Waals surface area contributed by atoms with Gasteiger partial charge in [-0.2, -0.15) is 0 Å². The van der Waals surface area contributed by atoms with Gasteiger partial charge in [0.1, 0.15) is 0 Å². The summed E-state index contributed by atoms with van der Waals surface area (Å²) in [6.45, 7) is 4.25. The van der Waals surface area contributed by atoms with Crippen LogP contribution in [-0.2, 0) is 4.79 Å². The fraction of sp³-hybridized carbons (Fsp3) is 0.923. The largest absolute Gasteiger partial charge is 0.394 e. The molecular formula is C65H127NO4. The maximum atomic E-state index is 12.5. The summed E-state index contributed by atoms with van der Waals surface area (Å²) in [5, 5.41) is 33.5. The molecule has 0 bridgehead atoms. The molecule has 0 aromatic rings. The number of aliphatic hydroxyl groups excluding tert-OH is 3. The second-order valence-corrected chi connectivity index (χ2v) is 22.4. The predicted molar refractivity (Wildman–Crippen MR) is 310 cm³/mol. The van der Waals surface area contributed by atoms with E-state index in [1.807, 2.05) is 6.08 Å². The predicted octanol–water partition coefficient (Wildman–Crippen LogP) is 20.4. The average Bonchev–Trinajstić information content (AvgIpc) is 3.36. The summed E-state index contributed by atoms with van der Waals surface area (Å²) >= 11 is 0. The molecular weight excluding hydrogens is 859 g/mol. The van der Waals surface area contributed by atoms with Crippen molar-refractivity contribution in [1.82, 2.24) is 5.32 Å². The summed E-state index contributed by atoms with van der Waals surface area (Å²) in [5.74, 6) is -0.318. The molecule has 5 nitrogen and oxygen atoms in total. The lowest BCUT2D eigenvalue weighted by atomic mass is 10.0. The van der Waals surface area contributed by atoms with Gasteiger partial charge in [-0.25, -0.2) is 0 Å². The molecule has 0 rings (SSSR count). The summed E-state index contributed by atoms with van der Waals surface area (Å²) in [7, 11) is 0. The van der Waals surface area contributed by atoms with Crippen LogP contribution >= 0.6 is 0 Å². The van der Waals surface area contributed by atoms with Crippen LogP contribution in [0.1, 0.15) is 361 Å². The normalized spacial score (nSPS) is 13.3. The fourth-order valence-corrected chi connectivity index (χ4v) is 10.4. The van der Waals surface area contributed by atoms with Gasteiger partial charge in [0, 0.05) is 0 Å². The maximum Gasteiger partial charge on any atom is 0.222 e. The molecule has 1 amide bonds. The minimum absolute atomic E-state index is 0.0106. The summed E-state index contributed by atoms with van der Waals surface area (Å²) < 4.78 is 0. The van der Waals surface area contributed by atoms with Crippen molar-refractivity contribution in [3.63, 3.8) is 0 Å².